The molecule has 0 aliphatic carbocycles. The van der Waals surface area contributed by atoms with E-state index < -0.39 is 12.0 Å². The number of nitrogens with one attached hydrogen (secondary N) is 1. The molecule has 1 aromatic heterocycles. The maximum absolute atomic E-state index is 12.2. The van der Waals surface area contributed by atoms with Crippen molar-refractivity contribution in [1.82, 2.24) is 9.97 Å². The molecular weight excluding hydrogens is 430 g/mol. The summed E-state index contributed by atoms with van der Waals surface area (Å²) in [6.07, 6.45) is 0.703. The summed E-state index contributed by atoms with van der Waals surface area (Å²) in [5.41, 5.74) is 7.47. The predicted molar refractivity (Wildman–Crippen MR) is 141 cm³/mol. The first-order valence-electron chi connectivity index (χ1n) is 11.7. The molecule has 0 aliphatic heterocycles. The van der Waals surface area contributed by atoms with Crippen LogP contribution in [-0.2, 0) is 9.53 Å². The van der Waals surface area contributed by atoms with Crippen molar-refractivity contribution in [3.05, 3.63) is 30.3 Å². The van der Waals surface area contributed by atoms with E-state index in [0.717, 1.165) is 5.69 Å². The number of hydrogen-bond donors (Lipinski definition) is 2. The minimum Gasteiger partial charge on any atom is -0.462 e. The monoisotopic (exact) mass is 469 g/mol. The SMILES string of the molecule is C=Nc1c(N(C)c2ccccc2)nc(N[C@H](CC)COC(=O)[C@@H](N)C(C)C)nc1N(C)C(C)C. The van der Waals surface area contributed by atoms with Crippen molar-refractivity contribution in [3.8, 4) is 0 Å². The van der Waals surface area contributed by atoms with Gasteiger partial charge in [-0.15, -0.1) is 0 Å². The molecular formula is C25H39N7O2. The molecule has 2 aromatic rings. The Bertz CT molecular complexity index is 950. The number of para-hydroxylation sites is 1. The smallest absolute Gasteiger partial charge is 0.323 e. The Morgan fingerprint density at radius 2 is 1.76 bits per heavy atom. The van der Waals surface area contributed by atoms with E-state index in [1.165, 1.54) is 0 Å². The van der Waals surface area contributed by atoms with Gasteiger partial charge in [-0.25, -0.2) is 0 Å². The van der Waals surface area contributed by atoms with Gasteiger partial charge in [-0.2, -0.15) is 9.97 Å². The van der Waals surface area contributed by atoms with Gasteiger partial charge in [0.1, 0.15) is 18.3 Å². The number of hydrogen-bond acceptors (Lipinski definition) is 9. The van der Waals surface area contributed by atoms with Crippen molar-refractivity contribution in [2.24, 2.45) is 16.6 Å². The number of esters is 1. The first-order chi connectivity index (χ1) is 16.1. The van der Waals surface area contributed by atoms with Gasteiger partial charge in [-0.1, -0.05) is 39.0 Å². The molecule has 0 fully saturated rings. The summed E-state index contributed by atoms with van der Waals surface area (Å²) >= 11 is 0. The van der Waals surface area contributed by atoms with Gasteiger partial charge in [0.2, 0.25) is 5.95 Å². The van der Waals surface area contributed by atoms with Crippen LogP contribution in [0.25, 0.3) is 0 Å². The van der Waals surface area contributed by atoms with E-state index in [2.05, 4.69) is 30.9 Å². The van der Waals surface area contributed by atoms with E-state index in [0.29, 0.717) is 29.7 Å². The Morgan fingerprint density at radius 1 is 1.15 bits per heavy atom. The fourth-order valence-electron chi connectivity index (χ4n) is 3.13. The third-order valence-corrected chi connectivity index (χ3v) is 5.82. The van der Waals surface area contributed by atoms with Gasteiger partial charge in [-0.3, -0.25) is 9.79 Å². The Balaban J connectivity index is 2.41. The average molecular weight is 470 g/mol. The molecule has 1 heterocycles. The topological polar surface area (TPSA) is 109 Å². The van der Waals surface area contributed by atoms with Crippen molar-refractivity contribution in [3.63, 3.8) is 0 Å². The molecule has 0 aliphatic rings. The zero-order valence-electron chi connectivity index (χ0n) is 21.4. The second-order valence-electron chi connectivity index (χ2n) is 8.95. The molecule has 1 aromatic carbocycles. The number of aliphatic imine (C=N–C) groups is 1. The van der Waals surface area contributed by atoms with Crippen LogP contribution in [0.3, 0.4) is 0 Å². The first-order valence-corrected chi connectivity index (χ1v) is 11.7. The summed E-state index contributed by atoms with van der Waals surface area (Å²) < 4.78 is 5.47. The Hall–Kier alpha value is -3.20. The van der Waals surface area contributed by atoms with Crippen LogP contribution >= 0.6 is 0 Å². The van der Waals surface area contributed by atoms with Crippen LogP contribution in [0.5, 0.6) is 0 Å². The number of nitrogens with two attached hydrogens (primary N) is 1. The zero-order chi connectivity index (χ0) is 25.4. The van der Waals surface area contributed by atoms with E-state index in [1.807, 2.05) is 75.0 Å². The normalized spacial score (nSPS) is 12.9. The molecule has 9 heteroatoms. The molecule has 186 valence electrons. The number of rotatable bonds is 12. The van der Waals surface area contributed by atoms with E-state index in [4.69, 9.17) is 20.4 Å². The van der Waals surface area contributed by atoms with Crippen molar-refractivity contribution in [2.45, 2.75) is 59.2 Å². The Labute approximate surface area is 203 Å². The highest BCUT2D eigenvalue weighted by molar-refractivity contribution is 5.82. The van der Waals surface area contributed by atoms with Crippen molar-refractivity contribution < 1.29 is 9.53 Å². The molecule has 0 saturated carbocycles. The summed E-state index contributed by atoms with van der Waals surface area (Å²) in [6, 6.07) is 9.25. The summed E-state index contributed by atoms with van der Waals surface area (Å²) in [7, 11) is 3.89. The second kappa shape index (κ2) is 12.3. The van der Waals surface area contributed by atoms with Crippen LogP contribution in [0.1, 0.15) is 41.0 Å². The van der Waals surface area contributed by atoms with Gasteiger partial charge in [0, 0.05) is 25.8 Å². The standard InChI is InChI=1S/C25H39N7O2/c1-9-18(15-34-24(33)20(26)16(2)3)28-25-29-22(31(7)17(4)5)21(27-6)23(30-25)32(8)19-13-11-10-12-14-19/h10-14,16-18,20H,6,9,15,26H2,1-5,7-8H3,(H,28,29,30)/t18-,20+/m1/s1. The third kappa shape index (κ3) is 6.66. The van der Waals surface area contributed by atoms with Crippen LogP contribution in [0, 0.1) is 5.92 Å². The van der Waals surface area contributed by atoms with E-state index in [-0.39, 0.29) is 24.6 Å². The van der Waals surface area contributed by atoms with Crippen LogP contribution in [-0.4, -0.2) is 61.5 Å². The largest absolute Gasteiger partial charge is 0.462 e. The van der Waals surface area contributed by atoms with Crippen LogP contribution in [0.15, 0.2) is 35.3 Å². The minimum absolute atomic E-state index is 0.00743. The fourth-order valence-corrected chi connectivity index (χ4v) is 3.13. The highest BCUT2D eigenvalue weighted by Crippen LogP contribution is 2.39. The summed E-state index contributed by atoms with van der Waals surface area (Å²) in [5, 5.41) is 3.33. The average Bonchev–Trinajstić information content (AvgIpc) is 2.84. The number of nitrogens with zero attached hydrogens (tertiary/aromatic N) is 5. The van der Waals surface area contributed by atoms with Gasteiger partial charge in [0.05, 0.1) is 6.04 Å². The highest BCUT2D eigenvalue weighted by Gasteiger charge is 2.24. The molecule has 0 spiro atoms. The molecule has 0 saturated heterocycles. The maximum atomic E-state index is 12.2. The molecule has 2 rings (SSSR count). The Kier molecular flexibility index (Phi) is 9.80. The van der Waals surface area contributed by atoms with E-state index in [1.54, 1.807) is 0 Å². The van der Waals surface area contributed by atoms with Crippen molar-refractivity contribution in [1.29, 1.82) is 0 Å². The molecule has 34 heavy (non-hydrogen) atoms. The van der Waals surface area contributed by atoms with Gasteiger partial charge >= 0.3 is 5.97 Å². The van der Waals surface area contributed by atoms with Gasteiger partial charge < -0.3 is 25.6 Å². The van der Waals surface area contributed by atoms with Crippen LogP contribution in [0.4, 0.5) is 29.0 Å². The predicted octanol–water partition coefficient (Wildman–Crippen LogP) is 4.14. The number of aromatic nitrogens is 2. The van der Waals surface area contributed by atoms with Crippen molar-refractivity contribution in [2.75, 3.05) is 35.8 Å². The van der Waals surface area contributed by atoms with Crippen molar-refractivity contribution >= 4 is 41.6 Å². The number of carbonyl (C=O) groups excluding carboxylic acids is 1. The maximum Gasteiger partial charge on any atom is 0.323 e. The number of carbonyl (C=O) groups is 1. The lowest BCUT2D eigenvalue weighted by Crippen LogP contribution is -2.39. The number of anilines is 4. The molecule has 0 amide bonds. The molecule has 2 atom stereocenters. The highest BCUT2D eigenvalue weighted by atomic mass is 16.5. The van der Waals surface area contributed by atoms with Gasteiger partial charge in [0.15, 0.2) is 11.6 Å². The molecule has 0 bridgehead atoms. The lowest BCUT2D eigenvalue weighted by atomic mass is 10.1. The quantitative estimate of drug-likeness (QED) is 0.353. The third-order valence-electron chi connectivity index (χ3n) is 5.82. The molecule has 9 nitrogen and oxygen atoms in total. The lowest BCUT2D eigenvalue weighted by molar-refractivity contribution is -0.146. The van der Waals surface area contributed by atoms with E-state index in [9.17, 15) is 4.79 Å². The second-order valence-corrected chi connectivity index (χ2v) is 8.95. The summed E-state index contributed by atoms with van der Waals surface area (Å²) in [5.74, 6) is 1.30. The van der Waals surface area contributed by atoms with Gasteiger partial charge in [0.25, 0.3) is 0 Å². The van der Waals surface area contributed by atoms with E-state index >= 15 is 0 Å². The lowest BCUT2D eigenvalue weighted by Gasteiger charge is -2.28. The van der Waals surface area contributed by atoms with Crippen LogP contribution in [0.2, 0.25) is 0 Å². The van der Waals surface area contributed by atoms with Gasteiger partial charge in [-0.05, 0) is 45.0 Å². The molecule has 0 radical (unpaired) electrons. The minimum atomic E-state index is -0.649. The Morgan fingerprint density at radius 3 is 2.29 bits per heavy atom. The number of benzene rings is 1. The molecule has 0 unspecified atom stereocenters. The first kappa shape index (κ1) is 27.0. The molecule has 3 N–H and O–H groups in total. The fraction of sp³-hybridized carbons (Fsp3) is 0.520. The number of ether oxygens (including phenoxy) is 1. The summed E-state index contributed by atoms with van der Waals surface area (Å²) in [4.78, 5) is 30.0. The van der Waals surface area contributed by atoms with Crippen LogP contribution < -0.4 is 20.9 Å². The zero-order valence-corrected chi connectivity index (χ0v) is 21.4. The summed E-state index contributed by atoms with van der Waals surface area (Å²) in [6.45, 7) is 13.9.